The molecule has 16 heavy (non-hydrogen) atoms. The monoisotopic (exact) mass is 214 g/mol. The van der Waals surface area contributed by atoms with Crippen LogP contribution < -0.4 is 5.32 Å². The lowest BCUT2D eigenvalue weighted by molar-refractivity contribution is 0.454. The predicted molar refractivity (Wildman–Crippen MR) is 66.0 cm³/mol. The topological polar surface area (TPSA) is 24.9 Å². The van der Waals surface area contributed by atoms with Crippen molar-refractivity contribution in [3.05, 3.63) is 35.7 Å². The molecule has 0 unspecified atom stereocenters. The number of aryl methyl sites for hydroxylation is 1. The summed E-state index contributed by atoms with van der Waals surface area (Å²) in [5, 5.41) is 3.51. The molecule has 1 fully saturated rings. The zero-order valence-electron chi connectivity index (χ0n) is 9.74. The molecular weight excluding hydrogens is 196 g/mol. The van der Waals surface area contributed by atoms with Crippen molar-refractivity contribution in [1.29, 1.82) is 0 Å². The van der Waals surface area contributed by atoms with Gasteiger partial charge in [-0.2, -0.15) is 0 Å². The summed E-state index contributed by atoms with van der Waals surface area (Å²) in [6.07, 6.45) is 7.02. The van der Waals surface area contributed by atoms with E-state index in [0.29, 0.717) is 0 Å². The fourth-order valence-electron chi connectivity index (χ4n) is 2.98. The maximum absolute atomic E-state index is 4.41. The van der Waals surface area contributed by atoms with Crippen LogP contribution >= 0.6 is 0 Å². The largest absolute Gasteiger partial charge is 0.316 e. The lowest BCUT2D eigenvalue weighted by atomic mass is 9.78. The van der Waals surface area contributed by atoms with Crippen molar-refractivity contribution in [3.63, 3.8) is 0 Å². The van der Waals surface area contributed by atoms with Crippen molar-refractivity contribution >= 4 is 5.57 Å². The number of hydrogen-bond donors (Lipinski definition) is 1. The van der Waals surface area contributed by atoms with Crippen LogP contribution in [0.1, 0.15) is 24.1 Å². The molecule has 2 heterocycles. The quantitative estimate of drug-likeness (QED) is 0.776. The maximum Gasteiger partial charge on any atom is 0.0373 e. The Kier molecular flexibility index (Phi) is 2.52. The Bertz CT molecular complexity index is 405. The zero-order chi connectivity index (χ0) is 11.0. The predicted octanol–water partition coefficient (Wildman–Crippen LogP) is 2.40. The summed E-state index contributed by atoms with van der Waals surface area (Å²) in [4.78, 5) is 4.41. The molecule has 0 spiro atoms. The van der Waals surface area contributed by atoms with Crippen LogP contribution in [0.5, 0.6) is 0 Å². The molecule has 1 aromatic heterocycles. The SMILES string of the molecule is Cc1ccc(C2=CCC[C@@H]3CNC[C@H]23)cn1. The van der Waals surface area contributed by atoms with E-state index in [1.54, 1.807) is 0 Å². The molecule has 84 valence electrons. The first-order valence-electron chi connectivity index (χ1n) is 6.18. The van der Waals surface area contributed by atoms with Gasteiger partial charge < -0.3 is 5.32 Å². The fraction of sp³-hybridized carbons (Fsp3) is 0.500. The van der Waals surface area contributed by atoms with Crippen LogP contribution in [0, 0.1) is 18.8 Å². The van der Waals surface area contributed by atoms with Gasteiger partial charge in [0.15, 0.2) is 0 Å². The van der Waals surface area contributed by atoms with Crippen LogP contribution in [0.2, 0.25) is 0 Å². The smallest absolute Gasteiger partial charge is 0.0373 e. The van der Waals surface area contributed by atoms with E-state index in [0.717, 1.165) is 24.1 Å². The first-order chi connectivity index (χ1) is 7.84. The van der Waals surface area contributed by atoms with E-state index < -0.39 is 0 Å². The number of fused-ring (bicyclic) bond motifs is 1. The van der Waals surface area contributed by atoms with Gasteiger partial charge in [0.05, 0.1) is 0 Å². The van der Waals surface area contributed by atoms with Gasteiger partial charge in [-0.3, -0.25) is 4.98 Å². The third-order valence-corrected chi connectivity index (χ3v) is 3.89. The number of rotatable bonds is 1. The lowest BCUT2D eigenvalue weighted by Crippen LogP contribution is -2.17. The van der Waals surface area contributed by atoms with Gasteiger partial charge in [0.25, 0.3) is 0 Å². The van der Waals surface area contributed by atoms with Crippen molar-refractivity contribution in [3.8, 4) is 0 Å². The Balaban J connectivity index is 1.93. The summed E-state index contributed by atoms with van der Waals surface area (Å²) in [5.41, 5.74) is 3.94. The average Bonchev–Trinajstić information content (AvgIpc) is 2.78. The van der Waals surface area contributed by atoms with E-state index in [2.05, 4.69) is 28.5 Å². The summed E-state index contributed by atoms with van der Waals surface area (Å²) < 4.78 is 0. The average molecular weight is 214 g/mol. The number of pyridine rings is 1. The normalized spacial score (nSPS) is 28.7. The molecule has 1 saturated heterocycles. The van der Waals surface area contributed by atoms with Crippen LogP contribution in [-0.2, 0) is 0 Å². The number of hydrogen-bond acceptors (Lipinski definition) is 2. The standard InChI is InChI=1S/C14H18N2/c1-10-5-6-12(8-16-10)13-4-2-3-11-7-15-9-14(11)13/h4-6,8,11,14-15H,2-3,7,9H2,1H3/t11-,14+/m1/s1. The number of aromatic nitrogens is 1. The Labute approximate surface area is 96.8 Å². The summed E-state index contributed by atoms with van der Waals surface area (Å²) in [6.45, 7) is 4.38. The molecule has 1 aliphatic carbocycles. The minimum absolute atomic E-state index is 0.721. The van der Waals surface area contributed by atoms with Crippen LogP contribution in [0.25, 0.3) is 5.57 Å². The second-order valence-corrected chi connectivity index (χ2v) is 4.95. The Morgan fingerprint density at radius 3 is 3.06 bits per heavy atom. The minimum Gasteiger partial charge on any atom is -0.316 e. The molecule has 1 N–H and O–H groups in total. The highest BCUT2D eigenvalue weighted by atomic mass is 14.9. The summed E-state index contributed by atoms with van der Waals surface area (Å²) in [7, 11) is 0. The molecule has 2 nitrogen and oxygen atoms in total. The third kappa shape index (κ3) is 1.67. The van der Waals surface area contributed by atoms with Crippen LogP contribution in [0.15, 0.2) is 24.4 Å². The second kappa shape index (κ2) is 4.02. The maximum atomic E-state index is 4.41. The molecule has 3 rings (SSSR count). The molecular formula is C14H18N2. The van der Waals surface area contributed by atoms with E-state index in [9.17, 15) is 0 Å². The first-order valence-corrected chi connectivity index (χ1v) is 6.18. The van der Waals surface area contributed by atoms with Gasteiger partial charge in [-0.15, -0.1) is 0 Å². The van der Waals surface area contributed by atoms with Gasteiger partial charge in [0.1, 0.15) is 0 Å². The van der Waals surface area contributed by atoms with Crippen molar-refractivity contribution in [2.45, 2.75) is 19.8 Å². The molecule has 0 amide bonds. The molecule has 2 heteroatoms. The molecule has 0 aromatic carbocycles. The van der Waals surface area contributed by atoms with E-state index in [1.165, 1.54) is 30.5 Å². The molecule has 0 saturated carbocycles. The van der Waals surface area contributed by atoms with Crippen molar-refractivity contribution in [2.75, 3.05) is 13.1 Å². The summed E-state index contributed by atoms with van der Waals surface area (Å²) >= 11 is 0. The van der Waals surface area contributed by atoms with Gasteiger partial charge in [0.2, 0.25) is 0 Å². The van der Waals surface area contributed by atoms with Crippen LogP contribution in [0.3, 0.4) is 0 Å². The first kappa shape index (κ1) is 10.0. The van der Waals surface area contributed by atoms with E-state index >= 15 is 0 Å². The van der Waals surface area contributed by atoms with E-state index in [-0.39, 0.29) is 0 Å². The number of nitrogens with zero attached hydrogens (tertiary/aromatic N) is 1. The van der Waals surface area contributed by atoms with Gasteiger partial charge in [-0.25, -0.2) is 0 Å². The van der Waals surface area contributed by atoms with Gasteiger partial charge in [0, 0.05) is 24.4 Å². The van der Waals surface area contributed by atoms with Crippen molar-refractivity contribution in [1.82, 2.24) is 10.3 Å². The molecule has 1 aromatic rings. The highest BCUT2D eigenvalue weighted by molar-refractivity contribution is 5.68. The van der Waals surface area contributed by atoms with E-state index in [4.69, 9.17) is 0 Å². The number of nitrogens with one attached hydrogen (secondary N) is 1. The highest BCUT2D eigenvalue weighted by Crippen LogP contribution is 2.38. The van der Waals surface area contributed by atoms with Crippen LogP contribution in [-0.4, -0.2) is 18.1 Å². The minimum atomic E-state index is 0.721. The summed E-state index contributed by atoms with van der Waals surface area (Å²) in [5.74, 6) is 1.57. The van der Waals surface area contributed by atoms with Gasteiger partial charge in [-0.1, -0.05) is 12.1 Å². The number of allylic oxidation sites excluding steroid dienone is 1. The van der Waals surface area contributed by atoms with E-state index in [1.807, 2.05) is 13.1 Å². The van der Waals surface area contributed by atoms with Gasteiger partial charge >= 0.3 is 0 Å². The van der Waals surface area contributed by atoms with Crippen LogP contribution in [0.4, 0.5) is 0 Å². The molecule has 2 aliphatic rings. The molecule has 0 radical (unpaired) electrons. The third-order valence-electron chi connectivity index (χ3n) is 3.89. The second-order valence-electron chi connectivity index (χ2n) is 4.95. The fourth-order valence-corrected chi connectivity index (χ4v) is 2.98. The molecule has 2 atom stereocenters. The van der Waals surface area contributed by atoms with Gasteiger partial charge in [-0.05, 0) is 49.4 Å². The van der Waals surface area contributed by atoms with Crippen molar-refractivity contribution in [2.24, 2.45) is 11.8 Å². The Morgan fingerprint density at radius 1 is 1.31 bits per heavy atom. The Morgan fingerprint density at radius 2 is 2.25 bits per heavy atom. The highest BCUT2D eigenvalue weighted by Gasteiger charge is 2.32. The molecule has 0 bridgehead atoms. The molecule has 1 aliphatic heterocycles. The zero-order valence-corrected chi connectivity index (χ0v) is 9.74. The lowest BCUT2D eigenvalue weighted by Gasteiger charge is -2.26. The summed E-state index contributed by atoms with van der Waals surface area (Å²) in [6, 6.07) is 4.33. The van der Waals surface area contributed by atoms with Crippen molar-refractivity contribution < 1.29 is 0 Å². The Hall–Kier alpha value is -1.15.